The van der Waals surface area contributed by atoms with Gasteiger partial charge < -0.3 is 29.9 Å². The first-order chi connectivity index (χ1) is 30.6. The Morgan fingerprint density at radius 2 is 1.56 bits per heavy atom. The van der Waals surface area contributed by atoms with Gasteiger partial charge in [-0.1, -0.05) is 6.07 Å². The van der Waals surface area contributed by atoms with Crippen LogP contribution < -0.4 is 20.9 Å². The second-order valence-corrected chi connectivity index (χ2v) is 18.7. The molecule has 1 aliphatic carbocycles. The van der Waals surface area contributed by atoms with Crippen molar-refractivity contribution in [3.8, 4) is 0 Å². The van der Waals surface area contributed by atoms with Gasteiger partial charge in [0.1, 0.15) is 23.6 Å². The van der Waals surface area contributed by atoms with Crippen LogP contribution in [-0.4, -0.2) is 140 Å². The number of nitrogens with zero attached hydrogens (tertiary/aromatic N) is 9. The van der Waals surface area contributed by atoms with Crippen LogP contribution in [0.15, 0.2) is 49.1 Å². The van der Waals surface area contributed by atoms with Crippen molar-refractivity contribution in [2.75, 3.05) is 69.1 Å². The highest BCUT2D eigenvalue weighted by atomic mass is 16.2. The van der Waals surface area contributed by atoms with E-state index in [0.29, 0.717) is 28.7 Å². The minimum absolute atomic E-state index is 0.0975. The summed E-state index contributed by atoms with van der Waals surface area (Å²) in [5, 5.41) is 8.93. The molecule has 4 saturated heterocycles. The number of aromatic nitrogens is 5. The van der Waals surface area contributed by atoms with Crippen LogP contribution in [0.1, 0.15) is 101 Å². The Kier molecular flexibility index (Phi) is 11.4. The molecule has 10 rings (SSSR count). The van der Waals surface area contributed by atoms with E-state index in [1.165, 1.54) is 32.2 Å². The number of aryl methyl sites for hydroxylation is 1. The number of nitrogens with one attached hydrogen (secondary N) is 3. The topological polar surface area (TPSA) is 191 Å². The van der Waals surface area contributed by atoms with Crippen molar-refractivity contribution < 1.29 is 24.0 Å². The summed E-state index contributed by atoms with van der Waals surface area (Å²) < 4.78 is 2.12. The van der Waals surface area contributed by atoms with Crippen molar-refractivity contribution in [3.63, 3.8) is 0 Å². The highest BCUT2D eigenvalue weighted by molar-refractivity contribution is 6.23. The second-order valence-electron chi connectivity index (χ2n) is 18.7. The predicted octanol–water partition coefficient (Wildman–Crippen LogP) is 3.43. The number of imide groups is 2. The van der Waals surface area contributed by atoms with Crippen molar-refractivity contribution in [2.24, 2.45) is 17.8 Å². The maximum absolute atomic E-state index is 13.3. The van der Waals surface area contributed by atoms with Crippen molar-refractivity contribution in [3.05, 3.63) is 71.6 Å². The number of benzene rings is 1. The van der Waals surface area contributed by atoms with Gasteiger partial charge in [-0.3, -0.25) is 34.2 Å². The first-order valence-corrected chi connectivity index (χ1v) is 22.8. The van der Waals surface area contributed by atoms with E-state index >= 15 is 0 Å². The van der Waals surface area contributed by atoms with E-state index in [2.05, 4.69) is 50.2 Å². The molecule has 5 amide bonds. The molecule has 0 unspecified atom stereocenters. The van der Waals surface area contributed by atoms with Crippen molar-refractivity contribution >= 4 is 52.2 Å². The Morgan fingerprint density at radius 3 is 2.30 bits per heavy atom. The average molecular weight is 857 g/mol. The highest BCUT2D eigenvalue weighted by Crippen LogP contribution is 2.36. The molecule has 0 bridgehead atoms. The lowest BCUT2D eigenvalue weighted by Crippen LogP contribution is -2.54. The Balaban J connectivity index is 0.611. The average Bonchev–Trinajstić information content (AvgIpc) is 3.79. The minimum atomic E-state index is -0.953. The summed E-state index contributed by atoms with van der Waals surface area (Å²) in [5.41, 5.74) is 4.47. The van der Waals surface area contributed by atoms with Gasteiger partial charge in [-0.25, -0.2) is 19.9 Å². The molecule has 3 N–H and O–H groups in total. The van der Waals surface area contributed by atoms with Crippen molar-refractivity contribution in [1.82, 2.24) is 49.8 Å². The maximum Gasteiger partial charge on any atom is 0.270 e. The summed E-state index contributed by atoms with van der Waals surface area (Å²) in [6, 6.07) is 10.3. The fraction of sp³-hybridized carbons (Fsp3) is 0.543. The highest BCUT2D eigenvalue weighted by Gasteiger charge is 2.45. The molecule has 1 atom stereocenters. The zero-order valence-corrected chi connectivity index (χ0v) is 35.9. The number of hydrogen-bond acceptors (Lipinski definition) is 13. The molecule has 0 spiro atoms. The molecule has 4 aromatic rings. The second kappa shape index (κ2) is 17.4. The maximum atomic E-state index is 13.3. The quantitative estimate of drug-likeness (QED) is 0.166. The summed E-state index contributed by atoms with van der Waals surface area (Å²) in [6.07, 6.45) is 11.4. The predicted molar refractivity (Wildman–Crippen MR) is 234 cm³/mol. The molecule has 1 saturated carbocycles. The molecule has 63 heavy (non-hydrogen) atoms. The van der Waals surface area contributed by atoms with Crippen molar-refractivity contribution in [2.45, 2.75) is 82.8 Å². The number of imidazole rings is 1. The van der Waals surface area contributed by atoms with Gasteiger partial charge >= 0.3 is 0 Å². The zero-order chi connectivity index (χ0) is 43.2. The molecule has 5 fully saturated rings. The first kappa shape index (κ1) is 41.2. The summed E-state index contributed by atoms with van der Waals surface area (Å²) in [7, 11) is 0. The van der Waals surface area contributed by atoms with Crippen LogP contribution in [0.2, 0.25) is 0 Å². The third kappa shape index (κ3) is 8.52. The number of carbonyl (C=O) groups is 5. The summed E-state index contributed by atoms with van der Waals surface area (Å²) >= 11 is 0. The van der Waals surface area contributed by atoms with E-state index < -0.39 is 23.8 Å². The lowest BCUT2D eigenvalue weighted by atomic mass is 9.86. The number of fused-ring (bicyclic) bond motifs is 2. The molecule has 0 radical (unpaired) electrons. The van der Waals surface area contributed by atoms with Crippen LogP contribution in [0.4, 0.5) is 11.5 Å². The van der Waals surface area contributed by atoms with E-state index in [0.717, 1.165) is 111 Å². The fourth-order valence-corrected chi connectivity index (χ4v) is 10.6. The van der Waals surface area contributed by atoms with Crippen LogP contribution >= 0.6 is 0 Å². The Morgan fingerprint density at radius 1 is 0.825 bits per heavy atom. The first-order valence-electron chi connectivity index (χ1n) is 22.8. The third-order valence-electron chi connectivity index (χ3n) is 14.4. The summed E-state index contributed by atoms with van der Waals surface area (Å²) in [4.78, 5) is 89.9. The molecule has 8 heterocycles. The van der Waals surface area contributed by atoms with E-state index in [1.807, 2.05) is 31.5 Å². The summed E-state index contributed by atoms with van der Waals surface area (Å²) in [6.45, 7) is 11.4. The number of hydrogen-bond donors (Lipinski definition) is 3. The van der Waals surface area contributed by atoms with Gasteiger partial charge in [-0.15, -0.1) is 0 Å². The van der Waals surface area contributed by atoms with E-state index in [-0.39, 0.29) is 36.7 Å². The number of pyridine rings is 1. The molecule has 17 nitrogen and oxygen atoms in total. The van der Waals surface area contributed by atoms with Gasteiger partial charge in [0.25, 0.3) is 17.7 Å². The largest absolute Gasteiger partial charge is 0.371 e. The molecule has 5 aliphatic heterocycles. The fourth-order valence-electron chi connectivity index (χ4n) is 10.6. The van der Waals surface area contributed by atoms with Crippen LogP contribution in [0.25, 0.3) is 11.2 Å². The minimum Gasteiger partial charge on any atom is -0.371 e. The van der Waals surface area contributed by atoms with Gasteiger partial charge in [0, 0.05) is 68.5 Å². The van der Waals surface area contributed by atoms with Crippen LogP contribution in [0.3, 0.4) is 0 Å². The lowest BCUT2D eigenvalue weighted by Gasteiger charge is -2.45. The molecule has 3 aromatic heterocycles. The Bertz CT molecular complexity index is 2410. The third-order valence-corrected chi connectivity index (χ3v) is 14.4. The van der Waals surface area contributed by atoms with Gasteiger partial charge in [-0.2, -0.15) is 0 Å². The van der Waals surface area contributed by atoms with Crippen LogP contribution in [0, 0.1) is 24.7 Å². The van der Waals surface area contributed by atoms with Gasteiger partial charge in [0.2, 0.25) is 11.8 Å². The number of rotatable bonds is 13. The number of carbonyl (C=O) groups excluding carboxylic acids is 5. The molecule has 1 aromatic carbocycles. The lowest BCUT2D eigenvalue weighted by molar-refractivity contribution is -0.136. The van der Waals surface area contributed by atoms with Gasteiger partial charge in [0.15, 0.2) is 11.5 Å². The Hall–Kier alpha value is -5.81. The normalized spacial score (nSPS) is 24.0. The molecular formula is C46H56N12O5. The van der Waals surface area contributed by atoms with Crippen LogP contribution in [-0.2, 0) is 9.59 Å². The number of anilines is 2. The summed E-state index contributed by atoms with van der Waals surface area (Å²) in [5.74, 6) is 0.738. The van der Waals surface area contributed by atoms with Crippen molar-refractivity contribution in [1.29, 1.82) is 0 Å². The number of amides is 5. The van der Waals surface area contributed by atoms with E-state index in [1.54, 1.807) is 24.5 Å². The van der Waals surface area contributed by atoms with Gasteiger partial charge in [0.05, 0.1) is 17.5 Å². The standard InChI is InChI=1S/C46H56N12O5/c1-28-3-2-4-37(51-28)43(60)52-32-19-34(20-32)57-27-50-40-41(48-26-49-42(40)57)47-14-9-29-10-15-54(16-11-29)22-30-12-17-55(18-13-30)23-31-24-56(25-31)33-5-6-35-36(21-33)46(63)58(45(35)62)38-7-8-39(59)53-44(38)61/h2-6,21,26-27,29-32,34,38H,7-20,22-25H2,1H3,(H,52,60)(H,47,48,49)(H,53,59,61)/t32?,34?,38-/m0/s1. The number of likely N-dealkylation sites (tertiary alicyclic amines) is 2. The molecule has 330 valence electrons. The zero-order valence-electron chi connectivity index (χ0n) is 35.9. The van der Waals surface area contributed by atoms with E-state index in [4.69, 9.17) is 4.98 Å². The smallest absolute Gasteiger partial charge is 0.270 e. The monoisotopic (exact) mass is 856 g/mol. The van der Waals surface area contributed by atoms with Gasteiger partial charge in [-0.05, 0) is 127 Å². The molecular weight excluding hydrogens is 801 g/mol. The van der Waals surface area contributed by atoms with Crippen LogP contribution in [0.5, 0.6) is 0 Å². The SMILES string of the molecule is Cc1cccc(C(=O)NC2CC(n3cnc4c(NCCC5CCN(CC6CCN(CC7CN(c8ccc9c(c8)C(=O)N([C@H]8CCC(=O)NC8=O)C9=O)C7)CC6)CC5)ncnc43)C2)n1. The van der Waals surface area contributed by atoms with E-state index in [9.17, 15) is 24.0 Å². The number of piperidine rings is 3. The molecule has 6 aliphatic rings. The molecule has 17 heteroatoms. The Labute approximate surface area is 366 Å².